The molecular formula is C66H51BN2O. The number of nitrogens with zero attached hydrogens (tertiary/aromatic N) is 2. The predicted octanol–water partition coefficient (Wildman–Crippen LogP) is 15.6. The highest BCUT2D eigenvalue weighted by atomic mass is 16.3. The van der Waals surface area contributed by atoms with Crippen LogP contribution >= 0.6 is 0 Å². The van der Waals surface area contributed by atoms with Crippen molar-refractivity contribution in [3.8, 4) is 33.4 Å². The van der Waals surface area contributed by atoms with Gasteiger partial charge in [0.2, 0.25) is 0 Å². The van der Waals surface area contributed by atoms with Gasteiger partial charge in [-0.25, -0.2) is 0 Å². The summed E-state index contributed by atoms with van der Waals surface area (Å²) < 4.78 is 7.32. The fourth-order valence-electron chi connectivity index (χ4n) is 14.9. The van der Waals surface area contributed by atoms with Crippen molar-refractivity contribution < 1.29 is 4.42 Å². The molecule has 3 nitrogen and oxygen atoms in total. The zero-order valence-electron chi connectivity index (χ0n) is 40.5. The molecular weight excluding hydrogens is 848 g/mol. The van der Waals surface area contributed by atoms with Crippen LogP contribution in [0.5, 0.6) is 0 Å². The SMILES string of the molecule is CC1(C)CCC(C)(C)c2cc(N3B4c5cccc6c5N(c5ccccc5C65c6ccccc6-c6ccccc65)c5c4c(cc4c5oc5ccccc54)-c4cc5c(cc43)-c3ccccc3C5(C)C)ccc21. The minimum Gasteiger partial charge on any atom is -0.454 e. The van der Waals surface area contributed by atoms with Crippen molar-refractivity contribution >= 4 is 68.1 Å². The zero-order chi connectivity index (χ0) is 46.8. The lowest BCUT2D eigenvalue weighted by atomic mass is 9.42. The first-order valence-electron chi connectivity index (χ1n) is 25.4. The molecule has 1 spiro atoms. The van der Waals surface area contributed by atoms with Gasteiger partial charge in [0.15, 0.2) is 5.58 Å². The van der Waals surface area contributed by atoms with Crippen molar-refractivity contribution in [3.05, 3.63) is 220 Å². The molecule has 9 aromatic carbocycles. The molecule has 0 N–H and O–H groups in total. The first kappa shape index (κ1) is 39.3. The molecule has 10 aromatic rings. The minimum atomic E-state index is -0.553. The van der Waals surface area contributed by atoms with E-state index in [1.165, 1.54) is 118 Å². The summed E-state index contributed by atoms with van der Waals surface area (Å²) in [6, 6.07) is 67.9. The fourth-order valence-corrected chi connectivity index (χ4v) is 14.9. The van der Waals surface area contributed by atoms with E-state index in [-0.39, 0.29) is 23.1 Å². The fraction of sp³-hybridized carbons (Fsp3) is 0.182. The summed E-state index contributed by atoms with van der Waals surface area (Å²) in [5, 5.41) is 2.29. The van der Waals surface area contributed by atoms with Gasteiger partial charge in [0.1, 0.15) is 5.58 Å². The van der Waals surface area contributed by atoms with Gasteiger partial charge >= 0.3 is 6.85 Å². The Balaban J connectivity index is 1.10. The van der Waals surface area contributed by atoms with E-state index in [1.807, 2.05) is 0 Å². The van der Waals surface area contributed by atoms with Gasteiger partial charge in [0.05, 0.1) is 16.8 Å². The Morgan fingerprint density at radius 2 is 1.06 bits per heavy atom. The first-order valence-corrected chi connectivity index (χ1v) is 25.4. The maximum absolute atomic E-state index is 7.32. The molecule has 0 fully saturated rings. The van der Waals surface area contributed by atoms with E-state index in [0.717, 1.165) is 34.0 Å². The van der Waals surface area contributed by atoms with Crippen LogP contribution in [0.3, 0.4) is 0 Å². The van der Waals surface area contributed by atoms with Gasteiger partial charge in [0, 0.05) is 38.8 Å². The molecule has 0 radical (unpaired) electrons. The molecule has 6 aliphatic rings. The molecule has 4 heterocycles. The van der Waals surface area contributed by atoms with Gasteiger partial charge in [-0.2, -0.15) is 0 Å². The number of para-hydroxylation sites is 3. The van der Waals surface area contributed by atoms with Gasteiger partial charge in [-0.1, -0.05) is 175 Å². The van der Waals surface area contributed by atoms with E-state index in [4.69, 9.17) is 4.42 Å². The number of fused-ring (bicyclic) bond motifs is 21. The van der Waals surface area contributed by atoms with E-state index in [0.29, 0.717) is 0 Å². The van der Waals surface area contributed by atoms with E-state index in [1.54, 1.807) is 0 Å². The Morgan fingerprint density at radius 1 is 0.429 bits per heavy atom. The van der Waals surface area contributed by atoms with Crippen molar-refractivity contribution in [3.63, 3.8) is 0 Å². The third kappa shape index (κ3) is 4.52. The lowest BCUT2D eigenvalue weighted by Gasteiger charge is -2.51. The van der Waals surface area contributed by atoms with Crippen LogP contribution in [-0.2, 0) is 21.7 Å². The van der Waals surface area contributed by atoms with Crippen LogP contribution in [0.4, 0.5) is 28.4 Å². The van der Waals surface area contributed by atoms with Crippen LogP contribution in [0, 0.1) is 0 Å². The normalized spacial score (nSPS) is 17.8. The van der Waals surface area contributed by atoms with Gasteiger partial charge in [0.25, 0.3) is 0 Å². The summed E-state index contributed by atoms with van der Waals surface area (Å²) in [7, 11) is 0. The van der Waals surface area contributed by atoms with Gasteiger partial charge < -0.3 is 14.1 Å². The molecule has 0 atom stereocenters. The van der Waals surface area contributed by atoms with Gasteiger partial charge in [-0.3, -0.25) is 0 Å². The monoisotopic (exact) mass is 898 g/mol. The van der Waals surface area contributed by atoms with E-state index < -0.39 is 5.41 Å². The second-order valence-electron chi connectivity index (χ2n) is 23.0. The number of hydrogen-bond acceptors (Lipinski definition) is 3. The minimum absolute atomic E-state index is 0.0263. The lowest BCUT2D eigenvalue weighted by molar-refractivity contribution is 0.332. The van der Waals surface area contributed by atoms with Gasteiger partial charge in [-0.15, -0.1) is 0 Å². The Hall–Kier alpha value is -7.56. The molecule has 3 aliphatic heterocycles. The third-order valence-corrected chi connectivity index (χ3v) is 18.3. The summed E-state index contributed by atoms with van der Waals surface area (Å²) in [6.07, 6.45) is 2.33. The number of anilines is 5. The summed E-state index contributed by atoms with van der Waals surface area (Å²) in [5.74, 6) is 0. The van der Waals surface area contributed by atoms with E-state index in [9.17, 15) is 0 Å². The average molecular weight is 899 g/mol. The van der Waals surface area contributed by atoms with Crippen LogP contribution in [-0.4, -0.2) is 6.85 Å². The molecule has 0 amide bonds. The zero-order valence-corrected chi connectivity index (χ0v) is 40.5. The van der Waals surface area contributed by atoms with Crippen molar-refractivity contribution in [2.75, 3.05) is 9.71 Å². The highest BCUT2D eigenvalue weighted by Crippen LogP contribution is 2.65. The predicted molar refractivity (Wildman–Crippen MR) is 291 cm³/mol. The second-order valence-corrected chi connectivity index (χ2v) is 23.0. The van der Waals surface area contributed by atoms with Crippen LogP contribution in [0.25, 0.3) is 55.3 Å². The second kappa shape index (κ2) is 12.8. The Labute approximate surface area is 410 Å². The Kier molecular flexibility index (Phi) is 7.19. The average Bonchev–Trinajstić information content (AvgIpc) is 3.98. The largest absolute Gasteiger partial charge is 0.454 e. The summed E-state index contributed by atoms with van der Waals surface area (Å²) in [4.78, 5) is 5.40. The van der Waals surface area contributed by atoms with Crippen LogP contribution in [0.15, 0.2) is 180 Å². The Morgan fingerprint density at radius 3 is 1.81 bits per heavy atom. The molecule has 0 saturated carbocycles. The van der Waals surface area contributed by atoms with Crippen LogP contribution in [0.2, 0.25) is 0 Å². The number of furan rings is 1. The summed E-state index contributed by atoms with van der Waals surface area (Å²) >= 11 is 0. The highest BCUT2D eigenvalue weighted by molar-refractivity contribution is 6.94. The topological polar surface area (TPSA) is 19.6 Å². The Bertz CT molecular complexity index is 3990. The highest BCUT2D eigenvalue weighted by Gasteiger charge is 2.57. The molecule has 70 heavy (non-hydrogen) atoms. The summed E-state index contributed by atoms with van der Waals surface area (Å²) in [6.45, 7) is 14.5. The smallest absolute Gasteiger partial charge is 0.333 e. The number of hydrogen-bond donors (Lipinski definition) is 0. The van der Waals surface area contributed by atoms with E-state index in [2.05, 4.69) is 227 Å². The molecule has 3 aliphatic carbocycles. The summed E-state index contributed by atoms with van der Waals surface area (Å²) in [5.41, 5.74) is 28.8. The van der Waals surface area contributed by atoms with Crippen molar-refractivity contribution in [1.82, 2.24) is 0 Å². The number of rotatable bonds is 1. The molecule has 4 heteroatoms. The molecule has 0 saturated heterocycles. The quantitative estimate of drug-likeness (QED) is 0.153. The number of benzene rings is 9. The molecule has 0 unspecified atom stereocenters. The molecule has 0 bridgehead atoms. The molecule has 334 valence electrons. The van der Waals surface area contributed by atoms with Crippen molar-refractivity contribution in [2.45, 2.75) is 76.0 Å². The third-order valence-electron chi connectivity index (χ3n) is 18.3. The van der Waals surface area contributed by atoms with E-state index >= 15 is 0 Å². The maximum Gasteiger partial charge on any atom is 0.333 e. The molecule has 16 rings (SSSR count). The first-order chi connectivity index (χ1) is 34.0. The van der Waals surface area contributed by atoms with Crippen LogP contribution in [0.1, 0.15) is 98.9 Å². The van der Waals surface area contributed by atoms with Crippen molar-refractivity contribution in [1.29, 1.82) is 0 Å². The van der Waals surface area contributed by atoms with Gasteiger partial charge in [-0.05, 0) is 149 Å². The van der Waals surface area contributed by atoms with Crippen molar-refractivity contribution in [2.24, 2.45) is 0 Å². The maximum atomic E-state index is 7.32. The molecule has 1 aromatic heterocycles. The van der Waals surface area contributed by atoms with Crippen LogP contribution < -0.4 is 20.6 Å². The lowest BCUT2D eigenvalue weighted by Crippen LogP contribution is -2.62. The standard InChI is InChI=1S/C66H51BN2O/c1-63(2)32-33-64(3,4)54-34-38(30-31-50(54)63)69-57-37-43-41-20-7-11-22-47(41)65(5,6)53(43)36-44(57)45-35-46-42-21-10-16-29-58(42)70-62(46)61-59(45)67(69)55-27-17-26-52-60(55)68(61)56-28-15-14-25-51(56)66(52)48-23-12-8-18-39(48)40-19-9-13-24-49(40)66/h7-31,34-37H,32-33H2,1-6H3.